The second-order valence-corrected chi connectivity index (χ2v) is 10.4. The van der Waals surface area contributed by atoms with E-state index in [0.29, 0.717) is 16.4 Å². The summed E-state index contributed by atoms with van der Waals surface area (Å²) in [6.07, 6.45) is 0.848. The summed E-state index contributed by atoms with van der Waals surface area (Å²) >= 11 is 12.5. The van der Waals surface area contributed by atoms with Gasteiger partial charge in [0.2, 0.25) is 21.8 Å². The van der Waals surface area contributed by atoms with Crippen LogP contribution in [0.5, 0.6) is 5.75 Å². The van der Waals surface area contributed by atoms with Crippen LogP contribution in [0.3, 0.4) is 0 Å². The number of sulfonamides is 1. The fourth-order valence-corrected chi connectivity index (χ4v) is 4.70. The summed E-state index contributed by atoms with van der Waals surface area (Å²) < 4.78 is 31.3. The molecule has 196 valence electrons. The Kier molecular flexibility index (Phi) is 9.91. The van der Waals surface area contributed by atoms with Gasteiger partial charge in [0.15, 0.2) is 0 Å². The molecule has 0 saturated carbocycles. The maximum atomic E-state index is 13.5. The molecule has 0 spiro atoms. The van der Waals surface area contributed by atoms with E-state index in [4.69, 9.17) is 27.9 Å². The van der Waals surface area contributed by atoms with Crippen molar-refractivity contribution in [1.29, 1.82) is 0 Å². The van der Waals surface area contributed by atoms with Crippen LogP contribution in [0.4, 0.5) is 11.4 Å². The third kappa shape index (κ3) is 6.99. The van der Waals surface area contributed by atoms with Crippen LogP contribution in [0.1, 0.15) is 19.4 Å². The van der Waals surface area contributed by atoms with Crippen molar-refractivity contribution in [3.63, 3.8) is 0 Å². The molecule has 2 aromatic rings. The van der Waals surface area contributed by atoms with Crippen LogP contribution >= 0.6 is 23.2 Å². The normalized spacial score (nSPS) is 11.9. The first-order chi connectivity index (χ1) is 16.8. The average Bonchev–Trinajstić information content (AvgIpc) is 2.80. The summed E-state index contributed by atoms with van der Waals surface area (Å²) in [6.45, 7) is 2.52. The van der Waals surface area contributed by atoms with Crippen molar-refractivity contribution in [2.45, 2.75) is 26.4 Å². The molecule has 14 heteroatoms. The fraction of sp³-hybridized carbons (Fsp3) is 0.364. The number of methoxy groups -OCH3 is 1. The average molecular weight is 561 g/mol. The summed E-state index contributed by atoms with van der Waals surface area (Å²) in [5.41, 5.74) is -0.240. The van der Waals surface area contributed by atoms with Gasteiger partial charge in [0, 0.05) is 40.8 Å². The number of hydrogen-bond acceptors (Lipinski definition) is 7. The second-order valence-electron chi connectivity index (χ2n) is 7.68. The van der Waals surface area contributed by atoms with Crippen LogP contribution in [0.2, 0.25) is 10.0 Å². The van der Waals surface area contributed by atoms with Crippen LogP contribution in [0.15, 0.2) is 36.4 Å². The lowest BCUT2D eigenvalue weighted by Crippen LogP contribution is -2.51. The van der Waals surface area contributed by atoms with Gasteiger partial charge in [-0.25, -0.2) is 8.42 Å². The number of carbonyl (C=O) groups is 2. The first-order valence-corrected chi connectivity index (χ1v) is 13.2. The lowest BCUT2D eigenvalue weighted by molar-refractivity contribution is -0.384. The Labute approximate surface area is 219 Å². The van der Waals surface area contributed by atoms with E-state index in [9.17, 15) is 28.1 Å². The Morgan fingerprint density at radius 1 is 1.19 bits per heavy atom. The molecule has 0 aliphatic rings. The molecule has 0 aliphatic carbocycles. The van der Waals surface area contributed by atoms with Gasteiger partial charge in [-0.15, -0.1) is 0 Å². The Bertz CT molecular complexity index is 1240. The standard InChI is InChI=1S/C22H26Cl2N4O7S/c1-5-25-22(30)14(2)26(12-16-17(23)7-6-8-18(16)24)21(29)13-27(36(4,33)34)19-11-15(28(31)32)9-10-20(19)35-3/h6-11,14H,5,12-13H2,1-4H3,(H,25,30). The molecular weight excluding hydrogens is 535 g/mol. The molecular formula is C22H26Cl2N4O7S. The van der Waals surface area contributed by atoms with Crippen LogP contribution in [-0.2, 0) is 26.2 Å². The van der Waals surface area contributed by atoms with Gasteiger partial charge in [0.1, 0.15) is 24.0 Å². The van der Waals surface area contributed by atoms with E-state index < -0.39 is 45.0 Å². The predicted octanol–water partition coefficient (Wildman–Crippen LogP) is 3.23. The van der Waals surface area contributed by atoms with Crippen molar-refractivity contribution in [3.8, 4) is 5.75 Å². The van der Waals surface area contributed by atoms with Crippen molar-refractivity contribution in [3.05, 3.63) is 62.1 Å². The zero-order valence-electron chi connectivity index (χ0n) is 20.0. The Balaban J connectivity index is 2.57. The molecule has 36 heavy (non-hydrogen) atoms. The molecule has 0 fully saturated rings. The number of nitrogens with one attached hydrogen (secondary N) is 1. The lowest BCUT2D eigenvalue weighted by Gasteiger charge is -2.32. The molecule has 2 aromatic carbocycles. The van der Waals surface area contributed by atoms with Gasteiger partial charge in [0.25, 0.3) is 5.69 Å². The number of halogens is 2. The van der Waals surface area contributed by atoms with Gasteiger partial charge in [-0.05, 0) is 32.0 Å². The first kappa shape index (κ1) is 29.1. The van der Waals surface area contributed by atoms with E-state index >= 15 is 0 Å². The number of carbonyl (C=O) groups excluding carboxylic acids is 2. The van der Waals surface area contributed by atoms with E-state index in [1.807, 2.05) is 0 Å². The smallest absolute Gasteiger partial charge is 0.271 e. The molecule has 1 atom stereocenters. The van der Waals surface area contributed by atoms with Crippen LogP contribution in [0.25, 0.3) is 0 Å². The van der Waals surface area contributed by atoms with Crippen LogP contribution < -0.4 is 14.4 Å². The number of nitro groups is 1. The van der Waals surface area contributed by atoms with Gasteiger partial charge < -0.3 is 15.0 Å². The monoisotopic (exact) mass is 560 g/mol. The number of anilines is 1. The zero-order chi connectivity index (χ0) is 27.2. The molecule has 0 aliphatic heterocycles. The molecule has 2 rings (SSSR count). The van der Waals surface area contributed by atoms with Gasteiger partial charge >= 0.3 is 0 Å². The molecule has 0 saturated heterocycles. The van der Waals surface area contributed by atoms with Crippen molar-refractivity contribution < 1.29 is 27.7 Å². The molecule has 2 amide bonds. The Morgan fingerprint density at radius 2 is 1.81 bits per heavy atom. The van der Waals surface area contributed by atoms with Gasteiger partial charge in [0.05, 0.1) is 18.3 Å². The highest BCUT2D eigenvalue weighted by molar-refractivity contribution is 7.92. The Hall–Kier alpha value is -3.09. The largest absolute Gasteiger partial charge is 0.495 e. The zero-order valence-corrected chi connectivity index (χ0v) is 22.4. The number of non-ortho nitro benzene ring substituents is 1. The van der Waals surface area contributed by atoms with E-state index in [1.54, 1.807) is 25.1 Å². The summed E-state index contributed by atoms with van der Waals surface area (Å²) in [6, 6.07) is 7.10. The van der Waals surface area contributed by atoms with Crippen molar-refractivity contribution in [2.24, 2.45) is 0 Å². The minimum Gasteiger partial charge on any atom is -0.495 e. The summed E-state index contributed by atoms with van der Waals surface area (Å²) in [5, 5.41) is 14.4. The van der Waals surface area contributed by atoms with E-state index in [0.717, 1.165) is 23.3 Å². The van der Waals surface area contributed by atoms with Gasteiger partial charge in [-0.1, -0.05) is 29.3 Å². The highest BCUT2D eigenvalue weighted by atomic mass is 35.5. The first-order valence-electron chi connectivity index (χ1n) is 10.6. The van der Waals surface area contributed by atoms with Crippen molar-refractivity contribution in [2.75, 3.05) is 30.8 Å². The number of benzene rings is 2. The minimum atomic E-state index is -4.14. The number of amides is 2. The van der Waals surface area contributed by atoms with Gasteiger partial charge in [-0.3, -0.25) is 24.0 Å². The SMILES string of the molecule is CCNC(=O)C(C)N(Cc1c(Cl)cccc1Cl)C(=O)CN(c1cc([N+](=O)[O-])ccc1OC)S(C)(=O)=O. The number of likely N-dealkylation sites (N-methyl/N-ethyl adjacent to an activating group) is 1. The maximum Gasteiger partial charge on any atom is 0.271 e. The topological polar surface area (TPSA) is 139 Å². The number of hydrogen-bond donors (Lipinski definition) is 1. The number of nitro benzene ring substituents is 1. The van der Waals surface area contributed by atoms with E-state index in [-0.39, 0.29) is 28.0 Å². The third-order valence-electron chi connectivity index (χ3n) is 5.23. The van der Waals surface area contributed by atoms with Crippen LogP contribution in [0, 0.1) is 10.1 Å². The summed E-state index contributed by atoms with van der Waals surface area (Å²) in [5.74, 6) is -1.26. The Morgan fingerprint density at radius 3 is 2.31 bits per heavy atom. The minimum absolute atomic E-state index is 0.00343. The number of nitrogens with zero attached hydrogens (tertiary/aromatic N) is 3. The van der Waals surface area contributed by atoms with Crippen molar-refractivity contribution >= 4 is 56.4 Å². The summed E-state index contributed by atoms with van der Waals surface area (Å²) in [4.78, 5) is 37.9. The summed E-state index contributed by atoms with van der Waals surface area (Å²) in [7, 11) is -2.88. The number of ether oxygens (including phenoxy) is 1. The molecule has 0 aromatic heterocycles. The van der Waals surface area contributed by atoms with Crippen molar-refractivity contribution in [1.82, 2.24) is 10.2 Å². The molecule has 1 unspecified atom stereocenters. The van der Waals surface area contributed by atoms with E-state index in [1.165, 1.54) is 20.1 Å². The van der Waals surface area contributed by atoms with Gasteiger partial charge in [-0.2, -0.15) is 0 Å². The highest BCUT2D eigenvalue weighted by Gasteiger charge is 2.32. The fourth-order valence-electron chi connectivity index (χ4n) is 3.34. The molecule has 0 radical (unpaired) electrons. The lowest BCUT2D eigenvalue weighted by atomic mass is 10.1. The predicted molar refractivity (Wildman–Crippen MR) is 137 cm³/mol. The second kappa shape index (κ2) is 12.2. The molecule has 1 N–H and O–H groups in total. The molecule has 0 bridgehead atoms. The van der Waals surface area contributed by atoms with E-state index in [2.05, 4.69) is 5.32 Å². The molecule has 0 heterocycles. The maximum absolute atomic E-state index is 13.5. The quantitative estimate of drug-likeness (QED) is 0.328. The highest BCUT2D eigenvalue weighted by Crippen LogP contribution is 2.34. The molecule has 11 nitrogen and oxygen atoms in total. The number of rotatable bonds is 11. The van der Waals surface area contributed by atoms with Crippen LogP contribution in [-0.4, -0.2) is 62.6 Å². The third-order valence-corrected chi connectivity index (χ3v) is 7.06.